The number of rotatable bonds is 4. The van der Waals surface area contributed by atoms with Crippen LogP contribution >= 0.6 is 0 Å². The van der Waals surface area contributed by atoms with E-state index in [9.17, 15) is 4.79 Å². The van der Waals surface area contributed by atoms with Crippen molar-refractivity contribution in [3.63, 3.8) is 0 Å². The summed E-state index contributed by atoms with van der Waals surface area (Å²) in [7, 11) is 1.63. The largest absolute Gasteiger partial charge is 0.367 e. The molecule has 2 unspecified atom stereocenters. The Hall–Kier alpha value is -0.610. The van der Waals surface area contributed by atoms with Crippen molar-refractivity contribution in [1.29, 1.82) is 0 Å². The van der Waals surface area contributed by atoms with E-state index in [0.717, 1.165) is 13.0 Å². The molecule has 2 N–H and O–H groups in total. The average Bonchev–Trinajstić information content (AvgIpc) is 2.26. The van der Waals surface area contributed by atoms with Gasteiger partial charge in [0.1, 0.15) is 6.10 Å². The molecule has 1 aliphatic heterocycles. The molecule has 0 aliphatic carbocycles. The number of carbonyl (C=O) groups excluding carboxylic acids is 1. The van der Waals surface area contributed by atoms with Gasteiger partial charge in [0.15, 0.2) is 0 Å². The van der Waals surface area contributed by atoms with E-state index < -0.39 is 0 Å². The van der Waals surface area contributed by atoms with Crippen LogP contribution in [0.4, 0.5) is 0 Å². The molecule has 0 radical (unpaired) electrons. The van der Waals surface area contributed by atoms with E-state index in [1.54, 1.807) is 14.0 Å². The van der Waals surface area contributed by atoms with Crippen molar-refractivity contribution in [2.45, 2.75) is 38.3 Å². The fourth-order valence-electron chi connectivity index (χ4n) is 1.61. The Balaban J connectivity index is 2.15. The van der Waals surface area contributed by atoms with Crippen molar-refractivity contribution in [3.8, 4) is 0 Å². The van der Waals surface area contributed by atoms with Crippen molar-refractivity contribution in [2.75, 3.05) is 20.2 Å². The summed E-state index contributed by atoms with van der Waals surface area (Å²) in [5.74, 6) is -0.0548. The predicted octanol–water partition coefficient (Wildman–Crippen LogP) is 0.280. The monoisotopic (exact) mass is 200 g/mol. The molecule has 2 atom stereocenters. The minimum atomic E-state index is -0.344. The lowest BCUT2D eigenvalue weighted by molar-refractivity contribution is -0.131. The van der Waals surface area contributed by atoms with Crippen LogP contribution in [0.25, 0.3) is 0 Å². The number of hydrogen-bond acceptors (Lipinski definition) is 3. The Labute approximate surface area is 85.4 Å². The first-order valence-corrected chi connectivity index (χ1v) is 5.30. The molecule has 0 saturated carbocycles. The Bertz CT molecular complexity index is 179. The van der Waals surface area contributed by atoms with Crippen molar-refractivity contribution in [3.05, 3.63) is 0 Å². The van der Waals surface area contributed by atoms with Gasteiger partial charge in [-0.1, -0.05) is 6.42 Å². The summed E-state index contributed by atoms with van der Waals surface area (Å²) in [6, 6.07) is 0.427. The Morgan fingerprint density at radius 1 is 1.64 bits per heavy atom. The van der Waals surface area contributed by atoms with Gasteiger partial charge in [-0.15, -0.1) is 0 Å². The number of carbonyl (C=O) groups is 1. The molecule has 4 nitrogen and oxygen atoms in total. The maximum atomic E-state index is 11.1. The maximum Gasteiger partial charge on any atom is 0.248 e. The molecular weight excluding hydrogens is 180 g/mol. The SMILES string of the molecule is CNC(=O)C(C)OCC1CCCCN1. The number of ether oxygens (including phenoxy) is 1. The molecule has 0 bridgehead atoms. The van der Waals surface area contributed by atoms with E-state index in [2.05, 4.69) is 10.6 Å². The molecule has 1 fully saturated rings. The molecule has 0 aromatic heterocycles. The third-order valence-corrected chi connectivity index (χ3v) is 2.58. The highest BCUT2D eigenvalue weighted by molar-refractivity contribution is 5.79. The Morgan fingerprint density at radius 3 is 3.00 bits per heavy atom. The second kappa shape index (κ2) is 5.98. The summed E-state index contributed by atoms with van der Waals surface area (Å²) in [5.41, 5.74) is 0. The molecule has 82 valence electrons. The number of piperidine rings is 1. The molecule has 0 aromatic carbocycles. The highest BCUT2D eigenvalue weighted by atomic mass is 16.5. The quantitative estimate of drug-likeness (QED) is 0.685. The Kier molecular flexibility index (Phi) is 4.90. The lowest BCUT2D eigenvalue weighted by atomic mass is 10.1. The molecular formula is C10H20N2O2. The van der Waals surface area contributed by atoms with Gasteiger partial charge >= 0.3 is 0 Å². The van der Waals surface area contributed by atoms with Gasteiger partial charge in [0.05, 0.1) is 6.61 Å². The van der Waals surface area contributed by atoms with Crippen LogP contribution in [-0.4, -0.2) is 38.3 Å². The van der Waals surface area contributed by atoms with E-state index in [-0.39, 0.29) is 12.0 Å². The lowest BCUT2D eigenvalue weighted by Gasteiger charge is -2.24. The fourth-order valence-corrected chi connectivity index (χ4v) is 1.61. The normalized spacial score (nSPS) is 24.3. The van der Waals surface area contributed by atoms with Crippen molar-refractivity contribution < 1.29 is 9.53 Å². The van der Waals surface area contributed by atoms with Gasteiger partial charge in [0.2, 0.25) is 5.91 Å². The highest BCUT2D eigenvalue weighted by Gasteiger charge is 2.16. The third-order valence-electron chi connectivity index (χ3n) is 2.58. The van der Waals surface area contributed by atoms with Crippen molar-refractivity contribution >= 4 is 5.91 Å². The summed E-state index contributed by atoms with van der Waals surface area (Å²) in [4.78, 5) is 11.1. The lowest BCUT2D eigenvalue weighted by Crippen LogP contribution is -2.40. The fraction of sp³-hybridized carbons (Fsp3) is 0.900. The van der Waals surface area contributed by atoms with Crippen LogP contribution in [0.2, 0.25) is 0 Å². The molecule has 0 spiro atoms. The van der Waals surface area contributed by atoms with Gasteiger partial charge in [-0.05, 0) is 26.3 Å². The minimum absolute atomic E-state index is 0.0548. The van der Waals surface area contributed by atoms with Crippen LogP contribution in [0, 0.1) is 0 Å². The Morgan fingerprint density at radius 2 is 2.43 bits per heavy atom. The standard InChI is InChI=1S/C10H20N2O2/c1-8(10(13)11-2)14-7-9-5-3-4-6-12-9/h8-9,12H,3-7H2,1-2H3,(H,11,13). The van der Waals surface area contributed by atoms with Gasteiger partial charge in [-0.3, -0.25) is 4.79 Å². The number of hydrogen-bond donors (Lipinski definition) is 2. The highest BCUT2D eigenvalue weighted by Crippen LogP contribution is 2.07. The summed E-state index contributed by atoms with van der Waals surface area (Å²) in [6.45, 7) is 3.48. The zero-order chi connectivity index (χ0) is 10.4. The summed E-state index contributed by atoms with van der Waals surface area (Å²) in [6.07, 6.45) is 3.32. The van der Waals surface area contributed by atoms with E-state index in [4.69, 9.17) is 4.74 Å². The first-order valence-electron chi connectivity index (χ1n) is 5.30. The smallest absolute Gasteiger partial charge is 0.248 e. The summed E-state index contributed by atoms with van der Waals surface area (Å²) < 4.78 is 5.46. The minimum Gasteiger partial charge on any atom is -0.367 e. The molecule has 1 amide bonds. The van der Waals surface area contributed by atoms with Crippen molar-refractivity contribution in [1.82, 2.24) is 10.6 Å². The molecule has 14 heavy (non-hydrogen) atoms. The van der Waals surface area contributed by atoms with Crippen LogP contribution in [0.5, 0.6) is 0 Å². The van der Waals surface area contributed by atoms with Crippen LogP contribution in [0.15, 0.2) is 0 Å². The first kappa shape index (κ1) is 11.5. The molecule has 1 heterocycles. The second-order valence-corrected chi connectivity index (χ2v) is 3.74. The van der Waals surface area contributed by atoms with Crippen LogP contribution < -0.4 is 10.6 Å². The molecule has 1 saturated heterocycles. The topological polar surface area (TPSA) is 50.4 Å². The zero-order valence-electron chi connectivity index (χ0n) is 9.01. The number of amides is 1. The summed E-state index contributed by atoms with van der Waals surface area (Å²) >= 11 is 0. The summed E-state index contributed by atoms with van der Waals surface area (Å²) in [5, 5.41) is 5.94. The van der Waals surface area contributed by atoms with E-state index >= 15 is 0 Å². The van der Waals surface area contributed by atoms with E-state index in [1.165, 1.54) is 12.8 Å². The zero-order valence-corrected chi connectivity index (χ0v) is 9.01. The van der Waals surface area contributed by atoms with Crippen molar-refractivity contribution in [2.24, 2.45) is 0 Å². The van der Waals surface area contributed by atoms with Crippen LogP contribution in [0.1, 0.15) is 26.2 Å². The van der Waals surface area contributed by atoms with Gasteiger partial charge in [0, 0.05) is 13.1 Å². The van der Waals surface area contributed by atoms with Gasteiger partial charge in [0.25, 0.3) is 0 Å². The van der Waals surface area contributed by atoms with E-state index in [1.807, 2.05) is 0 Å². The number of likely N-dealkylation sites (N-methyl/N-ethyl adjacent to an activating group) is 1. The van der Waals surface area contributed by atoms with Crippen LogP contribution in [0.3, 0.4) is 0 Å². The van der Waals surface area contributed by atoms with Gasteiger partial charge < -0.3 is 15.4 Å². The average molecular weight is 200 g/mol. The molecule has 4 heteroatoms. The first-order chi connectivity index (χ1) is 6.74. The molecule has 0 aromatic rings. The van der Waals surface area contributed by atoms with Gasteiger partial charge in [-0.2, -0.15) is 0 Å². The maximum absolute atomic E-state index is 11.1. The molecule has 1 rings (SSSR count). The molecule has 1 aliphatic rings. The number of nitrogens with one attached hydrogen (secondary N) is 2. The second-order valence-electron chi connectivity index (χ2n) is 3.74. The van der Waals surface area contributed by atoms with E-state index in [0.29, 0.717) is 12.6 Å². The van der Waals surface area contributed by atoms with Gasteiger partial charge in [-0.25, -0.2) is 0 Å². The third kappa shape index (κ3) is 3.64. The predicted molar refractivity (Wildman–Crippen MR) is 55.1 cm³/mol. The van der Waals surface area contributed by atoms with Crippen LogP contribution in [-0.2, 0) is 9.53 Å².